The molecule has 42 heavy (non-hydrogen) atoms. The number of fused-ring (bicyclic) bond motifs is 2. The van der Waals surface area contributed by atoms with Gasteiger partial charge in [-0.1, -0.05) is 30.3 Å². The fraction of sp³-hybridized carbons (Fsp3) is 0.312. The molecule has 8 nitrogen and oxygen atoms in total. The van der Waals surface area contributed by atoms with Gasteiger partial charge in [0.05, 0.1) is 29.2 Å². The van der Waals surface area contributed by atoms with E-state index in [1.54, 1.807) is 36.8 Å². The summed E-state index contributed by atoms with van der Waals surface area (Å²) in [5, 5.41) is 9.69. The van der Waals surface area contributed by atoms with Crippen LogP contribution in [0.25, 0.3) is 16.6 Å². The van der Waals surface area contributed by atoms with Crippen molar-refractivity contribution in [3.05, 3.63) is 108 Å². The molecule has 216 valence electrons. The van der Waals surface area contributed by atoms with E-state index in [9.17, 15) is 12.8 Å². The summed E-state index contributed by atoms with van der Waals surface area (Å²) in [6, 6.07) is 20.8. The monoisotopic (exact) mass is 585 g/mol. The highest BCUT2D eigenvalue weighted by Gasteiger charge is 2.62. The summed E-state index contributed by atoms with van der Waals surface area (Å²) < 4.78 is 52.6. The molecule has 3 heterocycles. The summed E-state index contributed by atoms with van der Waals surface area (Å²) in [5.74, 6) is -0.278. The summed E-state index contributed by atoms with van der Waals surface area (Å²) in [7, 11) is -0.266. The molecule has 1 aliphatic heterocycles. The molecular formula is C32H32FN5O3S. The lowest BCUT2D eigenvalue weighted by Gasteiger charge is -2.35. The van der Waals surface area contributed by atoms with Gasteiger partial charge in [0.1, 0.15) is 10.7 Å². The third-order valence-electron chi connectivity index (χ3n) is 9.37. The molecule has 5 aromatic rings. The minimum absolute atomic E-state index is 0.0207. The van der Waals surface area contributed by atoms with E-state index in [-0.39, 0.29) is 16.6 Å². The van der Waals surface area contributed by atoms with Crippen molar-refractivity contribution in [2.45, 2.75) is 35.7 Å². The molecule has 7 rings (SSSR count). The summed E-state index contributed by atoms with van der Waals surface area (Å²) >= 11 is 0. The molecule has 0 radical (unpaired) electrons. The van der Waals surface area contributed by atoms with E-state index in [4.69, 9.17) is 4.74 Å². The maximum atomic E-state index is 13.8. The standard InChI is InChI=1S/C32H32FN5O3S/c1-22-13-30-23(16-35-38(30)27-11-9-26(33)10-12-27)14-29(22)31-20-32(41-3,24-7-5-4-6-8-24)15-25(31)18-37(21-31)42(39,40)28-17-34-36(2)19-28/h4-14,16-17,19,25H,15,18,20-21H2,1-3H3/t25-,31-,32+/m0/s1. The van der Waals surface area contributed by atoms with Crippen molar-refractivity contribution in [1.82, 2.24) is 23.9 Å². The number of ether oxygens (including phenoxy) is 1. The molecule has 1 saturated heterocycles. The SMILES string of the molecule is CO[C@]1(c2ccccc2)C[C@H]2CN(S(=O)(=O)c3cnn(C)c3)C[C@@]2(c2cc3cnn(-c4ccc(F)cc4)c3cc2C)C1. The normalized spacial score (nSPS) is 24.4. The van der Waals surface area contributed by atoms with Gasteiger partial charge in [0, 0.05) is 44.2 Å². The van der Waals surface area contributed by atoms with Gasteiger partial charge in [0.2, 0.25) is 10.0 Å². The average molecular weight is 586 g/mol. The zero-order valence-electron chi connectivity index (χ0n) is 23.7. The maximum Gasteiger partial charge on any atom is 0.246 e. The molecule has 2 fully saturated rings. The Morgan fingerprint density at radius 2 is 1.79 bits per heavy atom. The summed E-state index contributed by atoms with van der Waals surface area (Å²) in [6.45, 7) is 2.81. The van der Waals surface area contributed by atoms with Crippen molar-refractivity contribution >= 4 is 20.9 Å². The van der Waals surface area contributed by atoms with Gasteiger partial charge in [-0.2, -0.15) is 14.5 Å². The molecule has 3 atom stereocenters. The lowest BCUT2D eigenvalue weighted by molar-refractivity contribution is -0.0183. The van der Waals surface area contributed by atoms with E-state index in [2.05, 4.69) is 41.4 Å². The number of nitrogens with zero attached hydrogens (tertiary/aromatic N) is 5. The number of aromatic nitrogens is 4. The van der Waals surface area contributed by atoms with Gasteiger partial charge < -0.3 is 4.74 Å². The number of sulfonamides is 1. The quantitative estimate of drug-likeness (QED) is 0.277. The van der Waals surface area contributed by atoms with Crippen LogP contribution >= 0.6 is 0 Å². The molecule has 3 aromatic carbocycles. The molecule has 10 heteroatoms. The number of aryl methyl sites for hydroxylation is 2. The van der Waals surface area contributed by atoms with Crippen molar-refractivity contribution < 1.29 is 17.5 Å². The molecular weight excluding hydrogens is 553 g/mol. The van der Waals surface area contributed by atoms with Crippen LogP contribution < -0.4 is 0 Å². The Morgan fingerprint density at radius 1 is 1.02 bits per heavy atom. The predicted molar refractivity (Wildman–Crippen MR) is 157 cm³/mol. The van der Waals surface area contributed by atoms with Crippen LogP contribution in [0.2, 0.25) is 0 Å². The van der Waals surface area contributed by atoms with Gasteiger partial charge in [0.15, 0.2) is 0 Å². The Morgan fingerprint density at radius 3 is 2.48 bits per heavy atom. The molecule has 0 spiro atoms. The Labute approximate surface area is 244 Å². The first-order valence-electron chi connectivity index (χ1n) is 14.0. The smallest absolute Gasteiger partial charge is 0.246 e. The molecule has 1 aliphatic carbocycles. The highest BCUT2D eigenvalue weighted by molar-refractivity contribution is 7.89. The van der Waals surface area contributed by atoms with Gasteiger partial charge in [-0.05, 0) is 78.8 Å². The van der Waals surface area contributed by atoms with Crippen LogP contribution in [0.3, 0.4) is 0 Å². The lowest BCUT2D eigenvalue weighted by atomic mass is 9.72. The first-order chi connectivity index (χ1) is 20.1. The van der Waals surface area contributed by atoms with Gasteiger partial charge >= 0.3 is 0 Å². The van der Waals surface area contributed by atoms with E-state index in [1.807, 2.05) is 29.1 Å². The van der Waals surface area contributed by atoms with Crippen molar-refractivity contribution in [2.24, 2.45) is 13.0 Å². The molecule has 0 bridgehead atoms. The van der Waals surface area contributed by atoms with Gasteiger partial charge in [-0.3, -0.25) is 4.68 Å². The largest absolute Gasteiger partial charge is 0.373 e. The highest BCUT2D eigenvalue weighted by atomic mass is 32.2. The fourth-order valence-electron chi connectivity index (χ4n) is 7.37. The van der Waals surface area contributed by atoms with E-state index in [0.29, 0.717) is 25.9 Å². The number of rotatable bonds is 6. The Kier molecular flexibility index (Phi) is 6.16. The highest BCUT2D eigenvalue weighted by Crippen LogP contribution is 2.60. The summed E-state index contributed by atoms with van der Waals surface area (Å²) in [5.41, 5.74) is 3.91. The first-order valence-corrected chi connectivity index (χ1v) is 15.4. The van der Waals surface area contributed by atoms with Crippen LogP contribution in [0.15, 0.2) is 90.2 Å². The van der Waals surface area contributed by atoms with Crippen molar-refractivity contribution in [1.29, 1.82) is 0 Å². The zero-order valence-corrected chi connectivity index (χ0v) is 24.6. The molecule has 0 amide bonds. The van der Waals surface area contributed by atoms with Crippen molar-refractivity contribution in [3.8, 4) is 5.69 Å². The fourth-order valence-corrected chi connectivity index (χ4v) is 8.91. The van der Waals surface area contributed by atoms with Crippen molar-refractivity contribution in [3.63, 3.8) is 0 Å². The lowest BCUT2D eigenvalue weighted by Crippen LogP contribution is -2.38. The minimum Gasteiger partial charge on any atom is -0.373 e. The van der Waals surface area contributed by atoms with E-state index >= 15 is 0 Å². The van der Waals surface area contributed by atoms with Crippen LogP contribution in [0.5, 0.6) is 0 Å². The third kappa shape index (κ3) is 4.04. The summed E-state index contributed by atoms with van der Waals surface area (Å²) in [6.07, 6.45) is 6.13. The zero-order chi connectivity index (χ0) is 29.3. The number of halogens is 1. The topological polar surface area (TPSA) is 82.2 Å². The van der Waals surface area contributed by atoms with E-state index < -0.39 is 21.0 Å². The molecule has 2 aromatic heterocycles. The maximum absolute atomic E-state index is 13.8. The number of hydrogen-bond acceptors (Lipinski definition) is 5. The number of hydrogen-bond donors (Lipinski definition) is 0. The number of methoxy groups -OCH3 is 1. The van der Waals surface area contributed by atoms with Crippen LogP contribution in [0, 0.1) is 18.7 Å². The average Bonchev–Trinajstić information content (AvgIpc) is 3.75. The van der Waals surface area contributed by atoms with Crippen LogP contribution in [0.4, 0.5) is 4.39 Å². The van der Waals surface area contributed by atoms with Crippen LogP contribution in [0.1, 0.15) is 29.5 Å². The van der Waals surface area contributed by atoms with Gasteiger partial charge in [-0.25, -0.2) is 17.5 Å². The minimum atomic E-state index is -3.74. The molecule has 0 N–H and O–H groups in total. The van der Waals surface area contributed by atoms with E-state index in [1.165, 1.54) is 23.0 Å². The Bertz CT molecular complexity index is 1900. The van der Waals surface area contributed by atoms with Gasteiger partial charge in [-0.15, -0.1) is 0 Å². The second-order valence-corrected chi connectivity index (χ2v) is 13.6. The molecule has 0 unspecified atom stereocenters. The van der Waals surface area contributed by atoms with Crippen LogP contribution in [-0.4, -0.2) is 52.5 Å². The Balaban J connectivity index is 1.36. The van der Waals surface area contributed by atoms with E-state index in [0.717, 1.165) is 33.3 Å². The first kappa shape index (κ1) is 27.0. The third-order valence-corrected chi connectivity index (χ3v) is 11.1. The number of benzene rings is 3. The second-order valence-electron chi connectivity index (χ2n) is 11.7. The second kappa shape index (κ2) is 9.58. The van der Waals surface area contributed by atoms with Gasteiger partial charge in [0.25, 0.3) is 0 Å². The predicted octanol–water partition coefficient (Wildman–Crippen LogP) is 5.10. The van der Waals surface area contributed by atoms with Crippen LogP contribution in [-0.2, 0) is 32.8 Å². The Hall–Kier alpha value is -3.86. The summed E-state index contributed by atoms with van der Waals surface area (Å²) in [4.78, 5) is 0.203. The van der Waals surface area contributed by atoms with Crippen molar-refractivity contribution in [2.75, 3.05) is 20.2 Å². The molecule has 2 aliphatic rings. The molecule has 1 saturated carbocycles.